The topological polar surface area (TPSA) is 59.5 Å². The first-order chi connectivity index (χ1) is 10.7. The molecule has 0 saturated carbocycles. The van der Waals surface area contributed by atoms with Crippen LogP contribution in [-0.2, 0) is 0 Å². The first kappa shape index (κ1) is 13.8. The summed E-state index contributed by atoms with van der Waals surface area (Å²) in [5.41, 5.74) is 9.45. The Morgan fingerprint density at radius 2 is 1.95 bits per heavy atom. The van der Waals surface area contributed by atoms with Gasteiger partial charge in [-0.25, -0.2) is 9.50 Å². The van der Waals surface area contributed by atoms with Crippen LogP contribution in [0.25, 0.3) is 16.9 Å². The van der Waals surface area contributed by atoms with E-state index in [9.17, 15) is 0 Å². The van der Waals surface area contributed by atoms with Crippen LogP contribution in [-0.4, -0.2) is 25.2 Å². The molecule has 2 N–H and O–H groups in total. The second-order valence-electron chi connectivity index (χ2n) is 5.50. The second kappa shape index (κ2) is 5.42. The molecule has 0 radical (unpaired) electrons. The molecule has 1 fully saturated rings. The van der Waals surface area contributed by atoms with E-state index in [0.717, 1.165) is 35.0 Å². The Morgan fingerprint density at radius 1 is 1.14 bits per heavy atom. The van der Waals surface area contributed by atoms with E-state index >= 15 is 0 Å². The molecular weight excluding hydrogens is 389 g/mol. The van der Waals surface area contributed by atoms with Crippen molar-refractivity contribution in [2.45, 2.75) is 16.9 Å². The maximum Gasteiger partial charge on any atom is 0.154 e. The van der Waals surface area contributed by atoms with Gasteiger partial charge in [0.1, 0.15) is 0 Å². The maximum absolute atomic E-state index is 5.77. The molecule has 0 amide bonds. The number of fused-ring (bicyclic) bond motifs is 1. The lowest BCUT2D eigenvalue weighted by Crippen LogP contribution is -2.25. The number of hydrogen-bond donors (Lipinski definition) is 1. The number of aromatic nitrogens is 3. The van der Waals surface area contributed by atoms with Crippen molar-refractivity contribution in [3.63, 3.8) is 0 Å². The van der Waals surface area contributed by atoms with Gasteiger partial charge in [0.05, 0.1) is 15.9 Å². The summed E-state index contributed by atoms with van der Waals surface area (Å²) >= 11 is 2.49. The van der Waals surface area contributed by atoms with E-state index in [1.54, 1.807) is 0 Å². The fourth-order valence-corrected chi connectivity index (χ4v) is 3.86. The summed E-state index contributed by atoms with van der Waals surface area (Å²) in [5, 5.41) is 4.81. The third-order valence-electron chi connectivity index (χ3n) is 4.03. The van der Waals surface area contributed by atoms with E-state index in [0.29, 0.717) is 4.05 Å². The maximum atomic E-state index is 5.77. The van der Waals surface area contributed by atoms with Gasteiger partial charge in [0.2, 0.25) is 0 Å². The van der Waals surface area contributed by atoms with Crippen LogP contribution in [0.15, 0.2) is 42.6 Å². The molecule has 3 aromatic rings. The zero-order valence-electron chi connectivity index (χ0n) is 12.0. The van der Waals surface area contributed by atoms with Crippen LogP contribution in [0.3, 0.4) is 0 Å². The number of imidazole rings is 1. The average molecular weight is 405 g/mol. The minimum atomic E-state index is 0.519. The monoisotopic (exact) mass is 405 g/mol. The van der Waals surface area contributed by atoms with Gasteiger partial charge in [-0.05, 0) is 37.1 Å². The Balaban J connectivity index is 1.81. The van der Waals surface area contributed by atoms with Gasteiger partial charge in [-0.2, -0.15) is 0 Å². The third kappa shape index (κ3) is 2.31. The molecule has 4 rings (SSSR count). The highest BCUT2D eigenvalue weighted by Gasteiger charge is 2.23. The molecule has 5 nitrogen and oxygen atoms in total. The van der Waals surface area contributed by atoms with Crippen molar-refractivity contribution >= 4 is 39.7 Å². The molecule has 22 heavy (non-hydrogen) atoms. The number of nitrogen functional groups attached to an aromatic ring is 1. The quantitative estimate of drug-likeness (QED) is 0.308. The summed E-state index contributed by atoms with van der Waals surface area (Å²) < 4.78 is 2.44. The smallest absolute Gasteiger partial charge is 0.154 e. The molecular formula is C16H16IN5. The number of rotatable bonds is 2. The van der Waals surface area contributed by atoms with Crippen molar-refractivity contribution in [2.24, 2.45) is 0 Å². The van der Waals surface area contributed by atoms with Crippen LogP contribution in [0.1, 0.15) is 12.8 Å². The van der Waals surface area contributed by atoms with Gasteiger partial charge in [-0.3, -0.25) is 0 Å². The van der Waals surface area contributed by atoms with Gasteiger partial charge in [-0.15, -0.1) is 5.10 Å². The third-order valence-corrected chi connectivity index (χ3v) is 5.32. The van der Waals surface area contributed by atoms with E-state index in [1.807, 2.05) is 41.0 Å². The van der Waals surface area contributed by atoms with Gasteiger partial charge in [-0.1, -0.05) is 34.7 Å². The van der Waals surface area contributed by atoms with Crippen molar-refractivity contribution in [1.29, 1.82) is 0 Å². The molecule has 1 aliphatic heterocycles. The zero-order valence-corrected chi connectivity index (χ0v) is 14.1. The minimum Gasteiger partial charge on any atom is -0.399 e. The van der Waals surface area contributed by atoms with Crippen molar-refractivity contribution in [3.8, 4) is 11.3 Å². The highest BCUT2D eigenvalue weighted by molar-refractivity contribution is 14.1. The standard InChI is InChI=1S/C16H16IN5/c17-14-2-1-9-21(14)16-8-7-15-19-10-13(22(15)20-16)11-3-5-12(18)6-4-11/h3-8,10,14H,1-2,9,18H2/t14-/m1/s1. The summed E-state index contributed by atoms with van der Waals surface area (Å²) in [5.74, 6) is 1.01. The van der Waals surface area contributed by atoms with Crippen molar-refractivity contribution in [3.05, 3.63) is 42.6 Å². The van der Waals surface area contributed by atoms with Gasteiger partial charge < -0.3 is 10.6 Å². The van der Waals surface area contributed by atoms with E-state index in [2.05, 4.69) is 38.5 Å². The number of nitrogens with two attached hydrogens (primary N) is 1. The first-order valence-electron chi connectivity index (χ1n) is 7.34. The van der Waals surface area contributed by atoms with E-state index in [4.69, 9.17) is 10.8 Å². The first-order valence-corrected chi connectivity index (χ1v) is 8.58. The molecule has 1 atom stereocenters. The molecule has 112 valence electrons. The summed E-state index contributed by atoms with van der Waals surface area (Å²) in [6.07, 6.45) is 4.31. The van der Waals surface area contributed by atoms with Crippen LogP contribution in [0, 0.1) is 0 Å². The number of hydrogen-bond acceptors (Lipinski definition) is 4. The number of benzene rings is 1. The Bertz CT molecular complexity index is 811. The number of anilines is 2. The lowest BCUT2D eigenvalue weighted by Gasteiger charge is -2.21. The van der Waals surface area contributed by atoms with Crippen molar-refractivity contribution in [1.82, 2.24) is 14.6 Å². The molecule has 1 aromatic carbocycles. The van der Waals surface area contributed by atoms with Crippen molar-refractivity contribution in [2.75, 3.05) is 17.2 Å². The Morgan fingerprint density at radius 3 is 2.68 bits per heavy atom. The molecule has 0 aliphatic carbocycles. The van der Waals surface area contributed by atoms with Crippen LogP contribution >= 0.6 is 22.6 Å². The molecule has 0 spiro atoms. The molecule has 0 unspecified atom stereocenters. The fourth-order valence-electron chi connectivity index (χ4n) is 2.85. The number of alkyl halides is 1. The highest BCUT2D eigenvalue weighted by atomic mass is 127. The average Bonchev–Trinajstić information content (AvgIpc) is 3.13. The summed E-state index contributed by atoms with van der Waals surface area (Å²) in [7, 11) is 0. The molecule has 1 aliphatic rings. The SMILES string of the molecule is Nc1ccc(-c2cnc3ccc(N4CCC[C@@H]4I)nn23)cc1. The molecule has 1 saturated heterocycles. The van der Waals surface area contributed by atoms with Crippen LogP contribution in [0.5, 0.6) is 0 Å². The highest BCUT2D eigenvalue weighted by Crippen LogP contribution is 2.29. The Labute approximate surface area is 142 Å². The zero-order chi connectivity index (χ0) is 15.1. The molecule has 0 bridgehead atoms. The molecule has 3 heterocycles. The van der Waals surface area contributed by atoms with Crippen LogP contribution in [0.4, 0.5) is 11.5 Å². The minimum absolute atomic E-state index is 0.519. The molecule has 6 heteroatoms. The molecule has 2 aromatic heterocycles. The Hall–Kier alpha value is -1.83. The predicted molar refractivity (Wildman–Crippen MR) is 97.2 cm³/mol. The predicted octanol–water partition coefficient (Wildman–Crippen LogP) is 3.34. The lowest BCUT2D eigenvalue weighted by molar-refractivity contribution is 0.852. The largest absolute Gasteiger partial charge is 0.399 e. The summed E-state index contributed by atoms with van der Waals surface area (Å²) in [6.45, 7) is 1.07. The van der Waals surface area contributed by atoms with E-state index in [1.165, 1.54) is 12.8 Å². The normalized spacial score (nSPS) is 18.2. The number of halogens is 1. The summed E-state index contributed by atoms with van der Waals surface area (Å²) in [4.78, 5) is 6.81. The van der Waals surface area contributed by atoms with Gasteiger partial charge in [0, 0.05) is 17.8 Å². The van der Waals surface area contributed by atoms with Gasteiger partial charge in [0.15, 0.2) is 11.5 Å². The van der Waals surface area contributed by atoms with Gasteiger partial charge >= 0.3 is 0 Å². The van der Waals surface area contributed by atoms with Gasteiger partial charge in [0.25, 0.3) is 0 Å². The second-order valence-corrected chi connectivity index (χ2v) is 6.93. The fraction of sp³-hybridized carbons (Fsp3) is 0.250. The number of nitrogens with zero attached hydrogens (tertiary/aromatic N) is 4. The Kier molecular flexibility index (Phi) is 3.40. The summed E-state index contributed by atoms with van der Waals surface area (Å²) in [6, 6.07) is 11.9. The van der Waals surface area contributed by atoms with E-state index < -0.39 is 0 Å². The van der Waals surface area contributed by atoms with Crippen LogP contribution < -0.4 is 10.6 Å². The van der Waals surface area contributed by atoms with Crippen molar-refractivity contribution < 1.29 is 0 Å². The van der Waals surface area contributed by atoms with E-state index in [-0.39, 0.29) is 0 Å². The lowest BCUT2D eigenvalue weighted by atomic mass is 10.1. The van der Waals surface area contributed by atoms with Crippen LogP contribution in [0.2, 0.25) is 0 Å².